The minimum atomic E-state index is -0.879. The second-order valence-corrected chi connectivity index (χ2v) is 5.36. The van der Waals surface area contributed by atoms with Crippen molar-refractivity contribution >= 4 is 11.9 Å². The number of carboxylic acids is 1. The molecule has 0 aliphatic heterocycles. The first-order valence-electron chi connectivity index (χ1n) is 6.48. The summed E-state index contributed by atoms with van der Waals surface area (Å²) in [4.78, 5) is 24.8. The summed E-state index contributed by atoms with van der Waals surface area (Å²) in [5.41, 5.74) is 0. The number of amides is 1. The van der Waals surface area contributed by atoms with Crippen molar-refractivity contribution in [2.45, 2.75) is 39.8 Å². The van der Waals surface area contributed by atoms with E-state index in [9.17, 15) is 9.59 Å². The highest BCUT2D eigenvalue weighted by atomic mass is 16.4. The molecule has 2 atom stereocenters. The van der Waals surface area contributed by atoms with Gasteiger partial charge in [0.25, 0.3) is 0 Å². The number of hydrogen-bond acceptors (Lipinski definition) is 3. The van der Waals surface area contributed by atoms with Gasteiger partial charge in [-0.05, 0) is 39.3 Å². The Bertz CT molecular complexity index is 491. The van der Waals surface area contributed by atoms with Crippen molar-refractivity contribution < 1.29 is 19.1 Å². The summed E-state index contributed by atoms with van der Waals surface area (Å²) >= 11 is 0. The molecule has 2 rings (SSSR count). The minimum absolute atomic E-state index is 0.0213. The molecule has 1 fully saturated rings. The van der Waals surface area contributed by atoms with Gasteiger partial charge in [0.2, 0.25) is 5.91 Å². The Morgan fingerprint density at radius 3 is 2.53 bits per heavy atom. The Kier molecular flexibility index (Phi) is 3.64. The molecule has 0 radical (unpaired) electrons. The molecule has 0 spiro atoms. The van der Waals surface area contributed by atoms with Crippen LogP contribution >= 0.6 is 0 Å². The molecule has 1 amide bonds. The molecule has 1 aromatic rings. The molecule has 0 saturated heterocycles. The van der Waals surface area contributed by atoms with Gasteiger partial charge in [0, 0.05) is 6.04 Å². The van der Waals surface area contributed by atoms with E-state index in [4.69, 9.17) is 9.52 Å². The normalized spacial score (nSPS) is 21.5. The Morgan fingerprint density at radius 1 is 1.42 bits per heavy atom. The van der Waals surface area contributed by atoms with Gasteiger partial charge in [0.1, 0.15) is 11.5 Å². The maximum atomic E-state index is 12.3. The summed E-state index contributed by atoms with van der Waals surface area (Å²) in [7, 11) is 0. The molecule has 1 aliphatic rings. The van der Waals surface area contributed by atoms with E-state index in [1.807, 2.05) is 32.9 Å². The van der Waals surface area contributed by atoms with Crippen LogP contribution < -0.4 is 0 Å². The van der Waals surface area contributed by atoms with Crippen LogP contribution in [0.4, 0.5) is 0 Å². The highest BCUT2D eigenvalue weighted by molar-refractivity contribution is 5.89. The van der Waals surface area contributed by atoms with Gasteiger partial charge in [-0.15, -0.1) is 0 Å². The third kappa shape index (κ3) is 2.97. The van der Waals surface area contributed by atoms with E-state index >= 15 is 0 Å². The maximum Gasteiger partial charge on any atom is 0.307 e. The standard InChI is InChI=1S/C14H19NO4/c1-8(2)15(7-10-5-4-9(3)19-10)13(16)11-6-12(11)14(17)18/h4-5,8,11-12H,6-7H2,1-3H3,(H,17,18). The number of carbonyl (C=O) groups excluding carboxylic acids is 1. The first kappa shape index (κ1) is 13.6. The fraction of sp³-hybridized carbons (Fsp3) is 0.571. The molecule has 19 heavy (non-hydrogen) atoms. The number of nitrogens with zero attached hydrogens (tertiary/aromatic N) is 1. The first-order valence-corrected chi connectivity index (χ1v) is 6.48. The number of furan rings is 1. The van der Waals surface area contributed by atoms with Gasteiger partial charge in [-0.2, -0.15) is 0 Å². The van der Waals surface area contributed by atoms with E-state index in [2.05, 4.69) is 0 Å². The van der Waals surface area contributed by atoms with E-state index < -0.39 is 11.9 Å². The van der Waals surface area contributed by atoms with Crippen LogP contribution in [0.1, 0.15) is 31.8 Å². The van der Waals surface area contributed by atoms with Crippen molar-refractivity contribution in [3.05, 3.63) is 23.7 Å². The van der Waals surface area contributed by atoms with E-state index in [0.717, 1.165) is 11.5 Å². The summed E-state index contributed by atoms with van der Waals surface area (Å²) in [6.07, 6.45) is 0.453. The molecule has 1 saturated carbocycles. The molecule has 5 heteroatoms. The Labute approximate surface area is 112 Å². The lowest BCUT2D eigenvalue weighted by Crippen LogP contribution is -2.38. The van der Waals surface area contributed by atoms with Crippen LogP contribution in [0.3, 0.4) is 0 Å². The molecule has 1 N–H and O–H groups in total. The molecule has 1 heterocycles. The maximum absolute atomic E-state index is 12.3. The van der Waals surface area contributed by atoms with Gasteiger partial charge in [-0.3, -0.25) is 9.59 Å². The molecule has 2 unspecified atom stereocenters. The van der Waals surface area contributed by atoms with Crippen molar-refractivity contribution in [2.24, 2.45) is 11.8 Å². The lowest BCUT2D eigenvalue weighted by atomic mass is 10.2. The van der Waals surface area contributed by atoms with Crippen LogP contribution in [-0.4, -0.2) is 27.9 Å². The predicted octanol–water partition coefficient (Wildman–Crippen LogP) is 2.05. The van der Waals surface area contributed by atoms with Crippen LogP contribution in [0.5, 0.6) is 0 Å². The highest BCUT2D eigenvalue weighted by Gasteiger charge is 2.50. The predicted molar refractivity (Wildman–Crippen MR) is 68.4 cm³/mol. The second kappa shape index (κ2) is 5.07. The zero-order chi connectivity index (χ0) is 14.2. The van der Waals surface area contributed by atoms with Crippen molar-refractivity contribution in [1.29, 1.82) is 0 Å². The Morgan fingerprint density at radius 2 is 2.11 bits per heavy atom. The number of aryl methyl sites for hydroxylation is 1. The monoisotopic (exact) mass is 265 g/mol. The number of hydrogen-bond donors (Lipinski definition) is 1. The van der Waals surface area contributed by atoms with Crippen LogP contribution in [0, 0.1) is 18.8 Å². The molecular weight excluding hydrogens is 246 g/mol. The lowest BCUT2D eigenvalue weighted by Gasteiger charge is -2.26. The fourth-order valence-electron chi connectivity index (χ4n) is 2.21. The van der Waals surface area contributed by atoms with E-state index in [1.54, 1.807) is 4.90 Å². The molecule has 0 aromatic carbocycles. The van der Waals surface area contributed by atoms with Gasteiger partial charge < -0.3 is 14.4 Å². The van der Waals surface area contributed by atoms with Crippen molar-refractivity contribution in [3.8, 4) is 0 Å². The van der Waals surface area contributed by atoms with Crippen LogP contribution in [-0.2, 0) is 16.1 Å². The summed E-state index contributed by atoms with van der Waals surface area (Å²) in [6, 6.07) is 3.72. The quantitative estimate of drug-likeness (QED) is 0.884. The summed E-state index contributed by atoms with van der Waals surface area (Å²) < 4.78 is 5.48. The Hall–Kier alpha value is -1.78. The molecule has 0 bridgehead atoms. The smallest absolute Gasteiger partial charge is 0.307 e. The summed E-state index contributed by atoms with van der Waals surface area (Å²) in [5.74, 6) is -0.302. The fourth-order valence-corrected chi connectivity index (χ4v) is 2.21. The average Bonchev–Trinajstić information content (AvgIpc) is 3.03. The lowest BCUT2D eigenvalue weighted by molar-refractivity contribution is -0.142. The number of aliphatic carboxylic acids is 1. The second-order valence-electron chi connectivity index (χ2n) is 5.36. The van der Waals surface area contributed by atoms with Gasteiger partial charge in [0.15, 0.2) is 0 Å². The van der Waals surface area contributed by atoms with Crippen molar-refractivity contribution in [3.63, 3.8) is 0 Å². The Balaban J connectivity index is 2.04. The van der Waals surface area contributed by atoms with E-state index in [1.165, 1.54) is 0 Å². The molecule has 5 nitrogen and oxygen atoms in total. The number of rotatable bonds is 5. The zero-order valence-corrected chi connectivity index (χ0v) is 11.4. The van der Waals surface area contributed by atoms with Gasteiger partial charge in [-0.1, -0.05) is 0 Å². The number of carboxylic acid groups (broad SMARTS) is 1. The van der Waals surface area contributed by atoms with Gasteiger partial charge in [-0.25, -0.2) is 0 Å². The third-order valence-corrected chi connectivity index (χ3v) is 3.45. The molecular formula is C14H19NO4. The topological polar surface area (TPSA) is 70.8 Å². The average molecular weight is 265 g/mol. The van der Waals surface area contributed by atoms with Crippen LogP contribution in [0.2, 0.25) is 0 Å². The molecule has 1 aromatic heterocycles. The van der Waals surface area contributed by atoms with E-state index in [-0.39, 0.29) is 17.9 Å². The van der Waals surface area contributed by atoms with Gasteiger partial charge in [0.05, 0.1) is 18.4 Å². The SMILES string of the molecule is Cc1ccc(CN(C(=O)C2CC2C(=O)O)C(C)C)o1. The summed E-state index contributed by atoms with van der Waals surface area (Å²) in [5, 5.41) is 8.90. The molecule has 1 aliphatic carbocycles. The van der Waals surface area contributed by atoms with E-state index in [0.29, 0.717) is 13.0 Å². The third-order valence-electron chi connectivity index (χ3n) is 3.45. The van der Waals surface area contributed by atoms with Crippen LogP contribution in [0.15, 0.2) is 16.5 Å². The minimum Gasteiger partial charge on any atom is -0.481 e. The molecule has 104 valence electrons. The van der Waals surface area contributed by atoms with Crippen LogP contribution in [0.25, 0.3) is 0 Å². The van der Waals surface area contributed by atoms with Gasteiger partial charge >= 0.3 is 5.97 Å². The zero-order valence-electron chi connectivity index (χ0n) is 11.4. The summed E-state index contributed by atoms with van der Waals surface area (Å²) in [6.45, 7) is 6.09. The highest BCUT2D eigenvalue weighted by Crippen LogP contribution is 2.40. The van der Waals surface area contributed by atoms with Crippen molar-refractivity contribution in [1.82, 2.24) is 4.90 Å². The largest absolute Gasteiger partial charge is 0.481 e. The number of carbonyl (C=O) groups is 2. The first-order chi connectivity index (χ1) is 8.90. The van der Waals surface area contributed by atoms with Crippen molar-refractivity contribution in [2.75, 3.05) is 0 Å².